The molecule has 0 N–H and O–H groups in total. The molecule has 2 rings (SSSR count). The first-order chi connectivity index (χ1) is 14.6. The molecule has 8 heteroatoms. The van der Waals surface area contributed by atoms with Gasteiger partial charge in [0.05, 0.1) is 26.2 Å². The number of nitrogens with zero attached hydrogens (tertiary/aromatic N) is 1. The van der Waals surface area contributed by atoms with Gasteiger partial charge in [-0.05, 0) is 44.0 Å². The van der Waals surface area contributed by atoms with Gasteiger partial charge in [-0.3, -0.25) is 0 Å². The average molecular weight is 510 g/mol. The van der Waals surface area contributed by atoms with Crippen molar-refractivity contribution in [3.63, 3.8) is 0 Å². The van der Waals surface area contributed by atoms with Crippen molar-refractivity contribution in [2.75, 3.05) is 14.2 Å². The fraction of sp³-hybridized carbons (Fsp3) is 0.304. The van der Waals surface area contributed by atoms with Crippen LogP contribution in [0.5, 0.6) is 0 Å². The van der Waals surface area contributed by atoms with Gasteiger partial charge in [0.2, 0.25) is 0 Å². The number of alkyl halides is 1. The summed E-state index contributed by atoms with van der Waals surface area (Å²) in [4.78, 5) is 17.8. The number of aryl methyl sites for hydroxylation is 1. The van der Waals surface area contributed by atoms with E-state index in [1.165, 1.54) is 27.4 Å². The van der Waals surface area contributed by atoms with E-state index in [1.807, 2.05) is 25.1 Å². The van der Waals surface area contributed by atoms with Gasteiger partial charge in [0.15, 0.2) is 0 Å². The van der Waals surface area contributed by atoms with Crippen LogP contribution in [0.2, 0.25) is 0 Å². The lowest BCUT2D eigenvalue weighted by atomic mass is 9.97. The van der Waals surface area contributed by atoms with Gasteiger partial charge in [0.25, 0.3) is 0 Å². The van der Waals surface area contributed by atoms with Crippen LogP contribution in [-0.2, 0) is 31.1 Å². The molecule has 0 aliphatic rings. The Labute approximate surface area is 193 Å². The van der Waals surface area contributed by atoms with E-state index in [2.05, 4.69) is 30.3 Å². The van der Waals surface area contributed by atoms with E-state index >= 15 is 0 Å². The highest BCUT2D eigenvalue weighted by molar-refractivity contribution is 9.10. The molecule has 0 spiro atoms. The molecule has 0 radical (unpaired) electrons. The third kappa shape index (κ3) is 6.37. The smallest absolute Gasteiger partial charge is 0.341 e. The Hall–Kier alpha value is -2.24. The zero-order chi connectivity index (χ0) is 23.2. The summed E-state index contributed by atoms with van der Waals surface area (Å²) in [5.74, 6) is -0.518. The number of carbonyl (C=O) groups is 1. The van der Waals surface area contributed by atoms with E-state index in [4.69, 9.17) is 14.3 Å². The van der Waals surface area contributed by atoms with Crippen LogP contribution in [0.1, 0.15) is 41.7 Å². The number of hydrogen-bond acceptors (Lipinski definition) is 5. The SMILES string of the molecule is CO/C=C(/C(=O)OC)c1cccc(C)c1CO/N=C(\C)c1ccc(Br)cc1C(C)(F)P. The molecule has 0 heterocycles. The minimum atomic E-state index is -1.63. The molecule has 5 nitrogen and oxygen atoms in total. The Balaban J connectivity index is 2.36. The lowest BCUT2D eigenvalue weighted by Crippen LogP contribution is -2.12. The molecule has 31 heavy (non-hydrogen) atoms. The van der Waals surface area contributed by atoms with Gasteiger partial charge in [0.1, 0.15) is 17.6 Å². The molecule has 2 aromatic rings. The zero-order valence-corrected chi connectivity index (χ0v) is 20.9. The molecule has 0 bridgehead atoms. The number of ether oxygens (including phenoxy) is 2. The van der Waals surface area contributed by atoms with Crippen LogP contribution in [0.4, 0.5) is 4.39 Å². The molecule has 0 saturated carbocycles. The van der Waals surface area contributed by atoms with Gasteiger partial charge >= 0.3 is 5.97 Å². The molecule has 0 aliphatic heterocycles. The maximum absolute atomic E-state index is 14.7. The van der Waals surface area contributed by atoms with Crippen molar-refractivity contribution < 1.29 is 23.5 Å². The molecular weight excluding hydrogens is 484 g/mol. The summed E-state index contributed by atoms with van der Waals surface area (Å²) in [6.07, 6.45) is 1.34. The number of benzene rings is 2. The Morgan fingerprint density at radius 1 is 1.26 bits per heavy atom. The van der Waals surface area contributed by atoms with E-state index < -0.39 is 11.4 Å². The summed E-state index contributed by atoms with van der Waals surface area (Å²) in [5.41, 5.74) is 4.25. The normalized spacial score (nSPS) is 14.1. The molecule has 0 saturated heterocycles. The van der Waals surface area contributed by atoms with Crippen molar-refractivity contribution in [2.45, 2.75) is 32.8 Å². The van der Waals surface area contributed by atoms with Crippen LogP contribution in [0, 0.1) is 6.92 Å². The highest BCUT2D eigenvalue weighted by atomic mass is 79.9. The predicted molar refractivity (Wildman–Crippen MR) is 127 cm³/mol. The number of halogens is 2. The minimum absolute atomic E-state index is 0.108. The zero-order valence-electron chi connectivity index (χ0n) is 18.2. The third-order valence-electron chi connectivity index (χ3n) is 4.65. The largest absolute Gasteiger partial charge is 0.503 e. The van der Waals surface area contributed by atoms with E-state index in [9.17, 15) is 9.18 Å². The number of oxime groups is 1. The number of methoxy groups -OCH3 is 2. The van der Waals surface area contributed by atoms with Crippen LogP contribution in [0.3, 0.4) is 0 Å². The lowest BCUT2D eigenvalue weighted by Gasteiger charge is -2.19. The maximum atomic E-state index is 14.7. The van der Waals surface area contributed by atoms with Crippen molar-refractivity contribution in [1.29, 1.82) is 0 Å². The summed E-state index contributed by atoms with van der Waals surface area (Å²) < 4.78 is 25.4. The topological polar surface area (TPSA) is 57.1 Å². The Morgan fingerprint density at radius 2 is 1.97 bits per heavy atom. The maximum Gasteiger partial charge on any atom is 0.341 e. The summed E-state index contributed by atoms with van der Waals surface area (Å²) in [7, 11) is 4.97. The second kappa shape index (κ2) is 10.9. The molecule has 0 aliphatic carbocycles. The van der Waals surface area contributed by atoms with Gasteiger partial charge < -0.3 is 14.3 Å². The highest BCUT2D eigenvalue weighted by Crippen LogP contribution is 2.36. The summed E-state index contributed by atoms with van der Waals surface area (Å²) >= 11 is 3.38. The standard InChI is InChI=1S/C23H26BrFNO4P/c1-14-7-6-8-18(20(12-28-4)22(27)29-5)19(14)13-30-26-15(2)17-10-9-16(24)11-21(17)23(3,25)31/h6-12H,13,31H2,1-5H3/b20-12+,26-15+. The van der Waals surface area contributed by atoms with Crippen LogP contribution >= 0.6 is 25.2 Å². The molecule has 166 valence electrons. The molecule has 2 atom stereocenters. The van der Waals surface area contributed by atoms with Crippen molar-refractivity contribution in [3.05, 3.63) is 75.0 Å². The fourth-order valence-electron chi connectivity index (χ4n) is 3.07. The number of esters is 1. The predicted octanol–water partition coefficient (Wildman–Crippen LogP) is 5.88. The highest BCUT2D eigenvalue weighted by Gasteiger charge is 2.24. The first kappa shape index (κ1) is 25.0. The molecule has 2 aromatic carbocycles. The quantitative estimate of drug-likeness (QED) is 0.111. The van der Waals surface area contributed by atoms with E-state index in [1.54, 1.807) is 25.1 Å². The summed E-state index contributed by atoms with van der Waals surface area (Å²) in [6, 6.07) is 10.9. The second-order valence-electron chi connectivity index (χ2n) is 7.08. The average Bonchev–Trinajstić information content (AvgIpc) is 2.72. The van der Waals surface area contributed by atoms with Crippen LogP contribution in [-0.4, -0.2) is 25.9 Å². The van der Waals surface area contributed by atoms with Crippen LogP contribution in [0.15, 0.2) is 52.3 Å². The summed E-state index contributed by atoms with van der Waals surface area (Å²) in [6.45, 7) is 5.24. The van der Waals surface area contributed by atoms with Crippen LogP contribution in [0.25, 0.3) is 5.57 Å². The number of carbonyl (C=O) groups excluding carboxylic acids is 1. The Bertz CT molecular complexity index is 1020. The first-order valence-corrected chi connectivity index (χ1v) is 10.8. The summed E-state index contributed by atoms with van der Waals surface area (Å²) in [5, 5.41) is 2.58. The van der Waals surface area contributed by atoms with Gasteiger partial charge in [-0.2, -0.15) is 0 Å². The van der Waals surface area contributed by atoms with Crippen molar-refractivity contribution in [3.8, 4) is 0 Å². The third-order valence-corrected chi connectivity index (χ3v) is 5.45. The number of hydrogen-bond donors (Lipinski definition) is 0. The molecular formula is C23H26BrFNO4P. The van der Waals surface area contributed by atoms with E-state index in [0.29, 0.717) is 22.4 Å². The van der Waals surface area contributed by atoms with Gasteiger partial charge in [-0.15, -0.1) is 0 Å². The Morgan fingerprint density at radius 3 is 2.58 bits per heavy atom. The van der Waals surface area contributed by atoms with Crippen molar-refractivity contribution in [2.24, 2.45) is 5.16 Å². The van der Waals surface area contributed by atoms with E-state index in [-0.39, 0.29) is 12.2 Å². The molecule has 0 amide bonds. The van der Waals surface area contributed by atoms with Crippen molar-refractivity contribution >= 4 is 42.4 Å². The van der Waals surface area contributed by atoms with Crippen molar-refractivity contribution in [1.82, 2.24) is 0 Å². The molecule has 0 fully saturated rings. The van der Waals surface area contributed by atoms with Crippen LogP contribution < -0.4 is 0 Å². The van der Waals surface area contributed by atoms with Gasteiger partial charge in [-0.1, -0.05) is 54.6 Å². The van der Waals surface area contributed by atoms with Gasteiger partial charge in [-0.25, -0.2) is 9.18 Å². The monoisotopic (exact) mass is 509 g/mol. The second-order valence-corrected chi connectivity index (χ2v) is 9.08. The number of rotatable bonds is 8. The fourth-order valence-corrected chi connectivity index (χ4v) is 3.67. The lowest BCUT2D eigenvalue weighted by molar-refractivity contribution is -0.133. The van der Waals surface area contributed by atoms with Gasteiger partial charge in [0, 0.05) is 21.2 Å². The molecule has 2 unspecified atom stereocenters. The minimum Gasteiger partial charge on any atom is -0.503 e. The first-order valence-electron chi connectivity index (χ1n) is 9.45. The molecule has 0 aromatic heterocycles. The van der Waals surface area contributed by atoms with E-state index in [0.717, 1.165) is 15.6 Å². The Kier molecular flexibility index (Phi) is 8.78.